The number of furan rings is 1. The van der Waals surface area contributed by atoms with E-state index in [0.717, 1.165) is 16.2 Å². The maximum Gasteiger partial charge on any atom is 0.338 e. The molecule has 0 aliphatic heterocycles. The first-order chi connectivity index (χ1) is 11.0. The molecule has 0 fully saturated rings. The Balaban J connectivity index is 0.00000208. The number of hydrogen-bond acceptors (Lipinski definition) is 4. The molecule has 126 valence electrons. The van der Waals surface area contributed by atoms with Crippen LogP contribution in [-0.4, -0.2) is 25.0 Å². The summed E-state index contributed by atoms with van der Waals surface area (Å²) in [5, 5.41) is 2.63. The summed E-state index contributed by atoms with van der Waals surface area (Å²) in [6.07, 6.45) is 0. The van der Waals surface area contributed by atoms with E-state index in [4.69, 9.17) is 14.9 Å². The Bertz CT molecular complexity index is 929. The SMILES string of the molecule is COC(=O)c1cc2oc(C(N)=NC(C)C)cc2c2ccccc12.Cl. The van der Waals surface area contributed by atoms with E-state index in [1.165, 1.54) is 7.11 Å². The van der Waals surface area contributed by atoms with Gasteiger partial charge >= 0.3 is 5.97 Å². The van der Waals surface area contributed by atoms with Gasteiger partial charge in [-0.2, -0.15) is 0 Å². The van der Waals surface area contributed by atoms with Gasteiger partial charge in [-0.15, -0.1) is 12.4 Å². The quantitative estimate of drug-likeness (QED) is 0.443. The molecule has 3 rings (SSSR count). The topological polar surface area (TPSA) is 77.8 Å². The van der Waals surface area contributed by atoms with E-state index < -0.39 is 5.97 Å². The van der Waals surface area contributed by atoms with Crippen molar-refractivity contribution in [2.24, 2.45) is 10.7 Å². The molecule has 0 aliphatic rings. The molecule has 0 saturated carbocycles. The molecule has 5 nitrogen and oxygen atoms in total. The molecule has 0 amide bonds. The van der Waals surface area contributed by atoms with Crippen LogP contribution < -0.4 is 5.73 Å². The van der Waals surface area contributed by atoms with Crippen molar-refractivity contribution >= 4 is 46.0 Å². The Kier molecular flexibility index (Phi) is 5.14. The third kappa shape index (κ3) is 3.08. The smallest absolute Gasteiger partial charge is 0.338 e. The lowest BCUT2D eigenvalue weighted by atomic mass is 10.0. The van der Waals surface area contributed by atoms with E-state index in [1.807, 2.05) is 44.2 Å². The second-order valence-corrected chi connectivity index (χ2v) is 5.59. The highest BCUT2D eigenvalue weighted by Gasteiger charge is 2.17. The van der Waals surface area contributed by atoms with Crippen molar-refractivity contribution in [1.29, 1.82) is 0 Å². The maximum absolute atomic E-state index is 12.0. The predicted octanol–water partition coefficient (Wildman–Crippen LogP) is 3.91. The van der Waals surface area contributed by atoms with Gasteiger partial charge in [-0.3, -0.25) is 4.99 Å². The number of nitrogens with zero attached hydrogens (tertiary/aromatic N) is 1. The van der Waals surface area contributed by atoms with Crippen LogP contribution in [0.25, 0.3) is 21.7 Å². The molecular formula is C18H19ClN2O3. The van der Waals surface area contributed by atoms with Crippen LogP contribution in [0.3, 0.4) is 0 Å². The maximum atomic E-state index is 12.0. The van der Waals surface area contributed by atoms with Crippen LogP contribution in [0.5, 0.6) is 0 Å². The van der Waals surface area contributed by atoms with E-state index in [-0.39, 0.29) is 18.4 Å². The van der Waals surface area contributed by atoms with Gasteiger partial charge in [0.05, 0.1) is 12.7 Å². The molecule has 0 radical (unpaired) electrons. The van der Waals surface area contributed by atoms with Crippen molar-refractivity contribution in [1.82, 2.24) is 0 Å². The van der Waals surface area contributed by atoms with Gasteiger partial charge < -0.3 is 14.9 Å². The summed E-state index contributed by atoms with van der Waals surface area (Å²) in [6, 6.07) is 11.3. The molecule has 0 spiro atoms. The summed E-state index contributed by atoms with van der Waals surface area (Å²) in [4.78, 5) is 16.4. The molecule has 24 heavy (non-hydrogen) atoms. The summed E-state index contributed by atoms with van der Waals surface area (Å²) in [5.41, 5.74) is 7.05. The lowest BCUT2D eigenvalue weighted by Crippen LogP contribution is -2.14. The van der Waals surface area contributed by atoms with Crippen LogP contribution in [0.1, 0.15) is 30.0 Å². The summed E-state index contributed by atoms with van der Waals surface area (Å²) in [7, 11) is 1.36. The van der Waals surface area contributed by atoms with Crippen LogP contribution in [0.4, 0.5) is 0 Å². The summed E-state index contributed by atoms with van der Waals surface area (Å²) >= 11 is 0. The van der Waals surface area contributed by atoms with Gasteiger partial charge in [0.2, 0.25) is 0 Å². The third-order valence-electron chi connectivity index (χ3n) is 3.60. The number of rotatable bonds is 3. The molecule has 0 bridgehead atoms. The zero-order chi connectivity index (χ0) is 16.6. The first kappa shape index (κ1) is 17.8. The third-order valence-corrected chi connectivity index (χ3v) is 3.60. The Morgan fingerprint density at radius 1 is 1.17 bits per heavy atom. The first-order valence-electron chi connectivity index (χ1n) is 7.38. The monoisotopic (exact) mass is 346 g/mol. The summed E-state index contributed by atoms with van der Waals surface area (Å²) in [6.45, 7) is 3.89. The van der Waals surface area contributed by atoms with Crippen molar-refractivity contribution in [3.05, 3.63) is 47.7 Å². The van der Waals surface area contributed by atoms with E-state index in [0.29, 0.717) is 22.7 Å². The fourth-order valence-electron chi connectivity index (χ4n) is 2.63. The predicted molar refractivity (Wildman–Crippen MR) is 98.2 cm³/mol. The zero-order valence-electron chi connectivity index (χ0n) is 13.7. The van der Waals surface area contributed by atoms with E-state index in [1.54, 1.807) is 6.07 Å². The lowest BCUT2D eigenvalue weighted by molar-refractivity contribution is 0.0603. The standard InChI is InChI=1S/C18H18N2O3.ClH/c1-10(2)20-17(19)16-8-13-11-6-4-5-7-12(11)14(18(21)22-3)9-15(13)23-16;/h4-10H,1-3H3,(H2,19,20);1H. The number of amidine groups is 1. The Morgan fingerprint density at radius 3 is 2.46 bits per heavy atom. The number of benzene rings is 2. The number of carbonyl (C=O) groups excluding carboxylic acids is 1. The molecule has 0 atom stereocenters. The Labute approximate surface area is 145 Å². The molecule has 0 aliphatic carbocycles. The number of ether oxygens (including phenoxy) is 1. The van der Waals surface area contributed by atoms with Gasteiger partial charge in [0, 0.05) is 11.4 Å². The molecule has 0 saturated heterocycles. The summed E-state index contributed by atoms with van der Waals surface area (Å²) < 4.78 is 10.7. The fourth-order valence-corrected chi connectivity index (χ4v) is 2.63. The van der Waals surface area contributed by atoms with Crippen molar-refractivity contribution in [3.63, 3.8) is 0 Å². The molecular weight excluding hydrogens is 328 g/mol. The van der Waals surface area contributed by atoms with Gasteiger partial charge in [0.15, 0.2) is 11.6 Å². The molecule has 6 heteroatoms. The number of esters is 1. The van der Waals surface area contributed by atoms with Crippen molar-refractivity contribution in [2.75, 3.05) is 7.11 Å². The Morgan fingerprint density at radius 2 is 1.83 bits per heavy atom. The van der Waals surface area contributed by atoms with Gasteiger partial charge in [-0.25, -0.2) is 4.79 Å². The fraction of sp³-hybridized carbons (Fsp3) is 0.222. The average molecular weight is 347 g/mol. The first-order valence-corrected chi connectivity index (χ1v) is 7.38. The molecule has 1 heterocycles. The van der Waals surface area contributed by atoms with Gasteiger partial charge in [-0.1, -0.05) is 24.3 Å². The number of hydrogen-bond donors (Lipinski definition) is 1. The van der Waals surface area contributed by atoms with E-state index in [9.17, 15) is 4.79 Å². The number of halogens is 1. The minimum atomic E-state index is -0.398. The highest BCUT2D eigenvalue weighted by molar-refractivity contribution is 6.16. The second kappa shape index (κ2) is 6.93. The van der Waals surface area contributed by atoms with E-state index in [2.05, 4.69) is 4.99 Å². The number of fused-ring (bicyclic) bond motifs is 3. The van der Waals surface area contributed by atoms with Crippen LogP contribution >= 0.6 is 12.4 Å². The molecule has 2 N–H and O–H groups in total. The van der Waals surface area contributed by atoms with Crippen LogP contribution in [0.2, 0.25) is 0 Å². The second-order valence-electron chi connectivity index (χ2n) is 5.59. The molecule has 3 aromatic rings. The molecule has 0 unspecified atom stereocenters. The normalized spacial score (nSPS) is 11.8. The van der Waals surface area contributed by atoms with Gasteiger partial charge in [0.25, 0.3) is 0 Å². The Hall–Kier alpha value is -2.53. The largest absolute Gasteiger partial charge is 0.465 e. The van der Waals surface area contributed by atoms with Gasteiger partial charge in [-0.05, 0) is 36.8 Å². The highest BCUT2D eigenvalue weighted by Crippen LogP contribution is 2.31. The number of methoxy groups -OCH3 is 1. The van der Waals surface area contributed by atoms with Crippen molar-refractivity contribution < 1.29 is 13.9 Å². The number of nitrogens with two attached hydrogens (primary N) is 1. The van der Waals surface area contributed by atoms with Crippen molar-refractivity contribution in [3.8, 4) is 0 Å². The summed E-state index contributed by atoms with van der Waals surface area (Å²) in [5.74, 6) is 0.450. The number of carbonyl (C=O) groups is 1. The minimum Gasteiger partial charge on any atom is -0.465 e. The molecule has 1 aromatic heterocycles. The van der Waals surface area contributed by atoms with Crippen LogP contribution in [0, 0.1) is 0 Å². The minimum absolute atomic E-state index is 0. The highest BCUT2D eigenvalue weighted by atomic mass is 35.5. The number of aliphatic imine (C=N–C) groups is 1. The van der Waals surface area contributed by atoms with Crippen molar-refractivity contribution in [2.45, 2.75) is 19.9 Å². The zero-order valence-corrected chi connectivity index (χ0v) is 14.5. The lowest BCUT2D eigenvalue weighted by Gasteiger charge is -2.05. The molecule has 2 aromatic carbocycles. The van der Waals surface area contributed by atoms with Gasteiger partial charge in [0.1, 0.15) is 5.58 Å². The average Bonchev–Trinajstić information content (AvgIpc) is 2.97. The van der Waals surface area contributed by atoms with Crippen LogP contribution in [0.15, 0.2) is 45.8 Å². The van der Waals surface area contributed by atoms with Crippen LogP contribution in [-0.2, 0) is 4.74 Å². The van der Waals surface area contributed by atoms with E-state index >= 15 is 0 Å².